The first kappa shape index (κ1) is 24.3. The molecule has 6 atom stereocenters. The van der Waals surface area contributed by atoms with Gasteiger partial charge in [0.25, 0.3) is 0 Å². The average Bonchev–Trinajstić information content (AvgIpc) is 3.34. The molecule has 190 valence electrons. The fourth-order valence-electron chi connectivity index (χ4n) is 6.04. The highest BCUT2D eigenvalue weighted by Gasteiger charge is 2.67. The van der Waals surface area contributed by atoms with Crippen LogP contribution in [0.4, 0.5) is 4.79 Å². The molecule has 9 heteroatoms. The number of para-hydroxylation sites is 1. The Labute approximate surface area is 208 Å². The van der Waals surface area contributed by atoms with Crippen molar-refractivity contribution in [3.05, 3.63) is 59.2 Å². The molecule has 3 aliphatic rings. The molecule has 5 rings (SSSR count). The summed E-state index contributed by atoms with van der Waals surface area (Å²) in [6.45, 7) is 3.62. The van der Waals surface area contributed by atoms with Gasteiger partial charge >= 0.3 is 6.09 Å². The summed E-state index contributed by atoms with van der Waals surface area (Å²) in [4.78, 5) is 39.3. The van der Waals surface area contributed by atoms with Crippen molar-refractivity contribution in [2.24, 2.45) is 23.7 Å². The normalized spacial score (nSPS) is 31.2. The van der Waals surface area contributed by atoms with Crippen LogP contribution in [-0.4, -0.2) is 52.5 Å². The number of aliphatic hydroxyl groups is 1. The third-order valence-corrected chi connectivity index (χ3v) is 7.80. The number of ether oxygens (including phenoxy) is 3. The van der Waals surface area contributed by atoms with Crippen LogP contribution in [0.15, 0.2) is 42.5 Å². The summed E-state index contributed by atoms with van der Waals surface area (Å²) >= 11 is 0. The van der Waals surface area contributed by atoms with Crippen LogP contribution in [0, 0.1) is 37.5 Å². The van der Waals surface area contributed by atoms with Gasteiger partial charge in [-0.05, 0) is 67.6 Å². The molecular weight excluding hydrogens is 466 g/mol. The van der Waals surface area contributed by atoms with E-state index < -0.39 is 53.5 Å². The predicted octanol–water partition coefficient (Wildman–Crippen LogP) is 3.24. The number of aromatic hydroxyl groups is 1. The van der Waals surface area contributed by atoms with Crippen LogP contribution in [0.2, 0.25) is 0 Å². The van der Waals surface area contributed by atoms with Crippen LogP contribution in [0.5, 0.6) is 11.5 Å². The van der Waals surface area contributed by atoms with Gasteiger partial charge in [-0.2, -0.15) is 4.90 Å². The van der Waals surface area contributed by atoms with Crippen LogP contribution in [0.25, 0.3) is 0 Å². The molecule has 0 spiro atoms. The van der Waals surface area contributed by atoms with Crippen molar-refractivity contribution in [2.75, 3.05) is 13.7 Å². The van der Waals surface area contributed by atoms with E-state index in [1.54, 1.807) is 38.1 Å². The Morgan fingerprint density at radius 1 is 1.11 bits per heavy atom. The van der Waals surface area contributed by atoms with Gasteiger partial charge in [-0.3, -0.25) is 9.59 Å². The number of benzene rings is 2. The smallest absolute Gasteiger partial charge is 0.423 e. The van der Waals surface area contributed by atoms with Crippen molar-refractivity contribution in [1.29, 1.82) is 0 Å². The van der Waals surface area contributed by atoms with Gasteiger partial charge in [0.1, 0.15) is 11.5 Å². The minimum Gasteiger partial charge on any atom is -0.507 e. The molecule has 36 heavy (non-hydrogen) atoms. The van der Waals surface area contributed by atoms with E-state index in [-0.39, 0.29) is 25.2 Å². The topological polar surface area (TPSA) is 123 Å². The lowest BCUT2D eigenvalue weighted by Crippen LogP contribution is -2.55. The zero-order valence-corrected chi connectivity index (χ0v) is 20.3. The third-order valence-electron chi connectivity index (χ3n) is 7.80. The Morgan fingerprint density at radius 2 is 1.78 bits per heavy atom. The van der Waals surface area contributed by atoms with Gasteiger partial charge in [0.05, 0.1) is 31.7 Å². The van der Waals surface area contributed by atoms with Gasteiger partial charge in [0.2, 0.25) is 11.8 Å². The number of aryl methyl sites for hydroxylation is 2. The van der Waals surface area contributed by atoms with Gasteiger partial charge in [-0.25, -0.2) is 4.79 Å². The Morgan fingerprint density at radius 3 is 2.42 bits per heavy atom. The molecule has 3 fully saturated rings. The van der Waals surface area contributed by atoms with Crippen molar-refractivity contribution in [3.8, 4) is 11.5 Å². The fraction of sp³-hybridized carbons (Fsp3) is 0.444. The molecule has 2 saturated heterocycles. The standard InChI is InChI=1S/C27H29NO8/c1-14-9-16(10-15(2)23(14)29)21-12-20-22-19(24(30)28(25(22)31)26(32)34-3)11-17(27(20,33)36-21)13-35-18-7-5-4-6-8-18/h4-10,17,19-22,29,33H,11-13H2,1-3H3/t17-,19+,20+,21+,22+,27-/m1/s1. The maximum Gasteiger partial charge on any atom is 0.423 e. The number of amides is 3. The van der Waals surface area contributed by atoms with Crippen LogP contribution < -0.4 is 4.74 Å². The van der Waals surface area contributed by atoms with Crippen molar-refractivity contribution in [3.63, 3.8) is 0 Å². The summed E-state index contributed by atoms with van der Waals surface area (Å²) in [5.41, 5.74) is 2.09. The predicted molar refractivity (Wildman–Crippen MR) is 126 cm³/mol. The highest BCUT2D eigenvalue weighted by molar-refractivity contribution is 6.15. The number of fused-ring (bicyclic) bond motifs is 3. The van der Waals surface area contributed by atoms with E-state index in [4.69, 9.17) is 9.47 Å². The van der Waals surface area contributed by atoms with Gasteiger partial charge in [0, 0.05) is 11.8 Å². The molecule has 3 amide bonds. The lowest BCUT2D eigenvalue weighted by molar-refractivity contribution is -0.272. The molecule has 0 bridgehead atoms. The highest BCUT2D eigenvalue weighted by Crippen LogP contribution is 2.58. The molecule has 2 heterocycles. The number of carbonyl (C=O) groups excluding carboxylic acids is 3. The molecule has 0 unspecified atom stereocenters. The first-order valence-corrected chi connectivity index (χ1v) is 12.0. The van der Waals surface area contributed by atoms with E-state index in [2.05, 4.69) is 4.74 Å². The third kappa shape index (κ3) is 3.74. The quantitative estimate of drug-likeness (QED) is 0.620. The summed E-state index contributed by atoms with van der Waals surface area (Å²) in [6, 6.07) is 12.7. The molecule has 2 N–H and O–H groups in total. The SMILES string of the molecule is COC(=O)N1C(=O)[C@H]2[C@H](C[C@H](COc3ccccc3)[C@@]3(O)O[C@H](c4cc(C)c(O)c(C)c4)C[C@@H]23)C1=O. The van der Waals surface area contributed by atoms with Crippen molar-refractivity contribution in [2.45, 2.75) is 38.6 Å². The maximum absolute atomic E-state index is 13.3. The summed E-state index contributed by atoms with van der Waals surface area (Å²) in [5.74, 6) is -5.36. The molecule has 2 aromatic carbocycles. The van der Waals surface area contributed by atoms with Gasteiger partial charge < -0.3 is 24.4 Å². The lowest BCUT2D eigenvalue weighted by Gasteiger charge is -2.44. The van der Waals surface area contributed by atoms with Crippen LogP contribution in [0.3, 0.4) is 0 Å². The number of nitrogens with zero attached hydrogens (tertiary/aromatic N) is 1. The van der Waals surface area contributed by atoms with E-state index in [0.29, 0.717) is 21.8 Å². The Kier molecular flexibility index (Phi) is 6.00. The second-order valence-corrected chi connectivity index (χ2v) is 9.87. The number of likely N-dealkylation sites (tertiary alicyclic amines) is 1. The van der Waals surface area contributed by atoms with E-state index in [1.807, 2.05) is 18.2 Å². The molecule has 9 nitrogen and oxygen atoms in total. The fourth-order valence-corrected chi connectivity index (χ4v) is 6.04. The molecular formula is C27H29NO8. The summed E-state index contributed by atoms with van der Waals surface area (Å²) < 4.78 is 16.9. The Bertz CT molecular complexity index is 1190. The molecule has 0 aromatic heterocycles. The number of hydrogen-bond donors (Lipinski definition) is 2. The molecule has 2 aliphatic heterocycles. The van der Waals surface area contributed by atoms with Crippen molar-refractivity contribution >= 4 is 17.9 Å². The number of rotatable bonds is 4. The second-order valence-electron chi connectivity index (χ2n) is 9.87. The molecule has 2 aromatic rings. The van der Waals surface area contributed by atoms with E-state index >= 15 is 0 Å². The average molecular weight is 496 g/mol. The zero-order valence-electron chi connectivity index (χ0n) is 20.3. The Balaban J connectivity index is 1.51. The minimum atomic E-state index is -1.76. The van der Waals surface area contributed by atoms with Crippen molar-refractivity contribution in [1.82, 2.24) is 4.90 Å². The van der Waals surface area contributed by atoms with Gasteiger partial charge in [-0.15, -0.1) is 0 Å². The summed E-state index contributed by atoms with van der Waals surface area (Å²) in [5, 5.41) is 22.2. The van der Waals surface area contributed by atoms with Gasteiger partial charge in [-0.1, -0.05) is 18.2 Å². The minimum absolute atomic E-state index is 0.0558. The van der Waals surface area contributed by atoms with Crippen LogP contribution in [-0.2, 0) is 19.1 Å². The van der Waals surface area contributed by atoms with Gasteiger partial charge in [0.15, 0.2) is 5.79 Å². The van der Waals surface area contributed by atoms with Crippen molar-refractivity contribution < 1.29 is 38.8 Å². The lowest BCUT2D eigenvalue weighted by atomic mass is 9.64. The first-order valence-electron chi connectivity index (χ1n) is 12.0. The zero-order chi connectivity index (χ0) is 25.8. The van der Waals surface area contributed by atoms with E-state index in [1.165, 1.54) is 0 Å². The second kappa shape index (κ2) is 8.90. The number of phenols is 1. The Hall–Kier alpha value is -3.43. The number of phenolic OH excluding ortho intramolecular Hbond substituents is 1. The maximum atomic E-state index is 13.3. The molecule has 1 saturated carbocycles. The summed E-state index contributed by atoms with van der Waals surface area (Å²) in [7, 11) is 1.11. The van der Waals surface area contributed by atoms with Crippen LogP contribution in [0.1, 0.15) is 35.6 Å². The molecule has 0 radical (unpaired) electrons. The van der Waals surface area contributed by atoms with E-state index in [9.17, 15) is 24.6 Å². The highest BCUT2D eigenvalue weighted by atomic mass is 16.6. The molecule has 1 aliphatic carbocycles. The number of hydrogen-bond acceptors (Lipinski definition) is 8. The monoisotopic (exact) mass is 495 g/mol. The number of methoxy groups -OCH3 is 1. The number of carbonyl (C=O) groups is 3. The van der Waals surface area contributed by atoms with Crippen LogP contribution >= 0.6 is 0 Å². The first-order chi connectivity index (χ1) is 17.2. The number of imide groups is 3. The van der Waals surface area contributed by atoms with E-state index in [0.717, 1.165) is 12.7 Å². The summed E-state index contributed by atoms with van der Waals surface area (Å²) in [6.07, 6.45) is -1.23. The largest absolute Gasteiger partial charge is 0.507 e.